The standard InChI is InChI=1S/C32H40FN3O3/c1-3-36(22-23-7-13-30(28(33)19-23)39-18-17-35-15-5-4-6-16-35)29-12-14-31(38-2)34-32(29)26-9-8-25-21-27(37)11-10-24(25)20-26/h7,10-14,19,21,26,37H,3-6,8-9,15-18,20,22H2,1-2H3. The summed E-state index contributed by atoms with van der Waals surface area (Å²) in [6.45, 7) is 7.00. The molecule has 6 nitrogen and oxygen atoms in total. The monoisotopic (exact) mass is 533 g/mol. The normalized spacial score (nSPS) is 17.5. The van der Waals surface area contributed by atoms with E-state index in [0.717, 1.165) is 62.4 Å². The third kappa shape index (κ3) is 6.64. The van der Waals surface area contributed by atoms with E-state index < -0.39 is 0 Å². The smallest absolute Gasteiger partial charge is 0.213 e. The van der Waals surface area contributed by atoms with Crippen LogP contribution in [0.2, 0.25) is 0 Å². The van der Waals surface area contributed by atoms with Crippen molar-refractivity contribution in [3.63, 3.8) is 0 Å². The number of halogens is 1. The predicted octanol–water partition coefficient (Wildman–Crippen LogP) is 6.10. The van der Waals surface area contributed by atoms with Gasteiger partial charge in [-0.15, -0.1) is 0 Å². The quantitative estimate of drug-likeness (QED) is 0.340. The first-order valence-electron chi connectivity index (χ1n) is 14.3. The van der Waals surface area contributed by atoms with Gasteiger partial charge in [-0.3, -0.25) is 4.90 Å². The molecule has 1 aliphatic heterocycles. The zero-order chi connectivity index (χ0) is 27.2. The molecule has 2 heterocycles. The molecule has 208 valence electrons. The molecule has 0 spiro atoms. The number of hydrogen-bond donors (Lipinski definition) is 1. The summed E-state index contributed by atoms with van der Waals surface area (Å²) in [5.74, 6) is 1.14. The van der Waals surface area contributed by atoms with Gasteiger partial charge in [-0.1, -0.05) is 18.6 Å². The van der Waals surface area contributed by atoms with Crippen LogP contribution in [0, 0.1) is 5.82 Å². The van der Waals surface area contributed by atoms with Crippen LogP contribution in [-0.2, 0) is 19.4 Å². The zero-order valence-corrected chi connectivity index (χ0v) is 23.2. The lowest BCUT2D eigenvalue weighted by molar-refractivity contribution is 0.180. The van der Waals surface area contributed by atoms with Gasteiger partial charge in [0, 0.05) is 31.6 Å². The van der Waals surface area contributed by atoms with Crippen LogP contribution in [0.1, 0.15) is 60.9 Å². The van der Waals surface area contributed by atoms with E-state index in [0.29, 0.717) is 30.5 Å². The van der Waals surface area contributed by atoms with E-state index >= 15 is 4.39 Å². The number of phenolic OH excluding ortho intramolecular Hbond substituents is 1. The molecule has 0 radical (unpaired) electrons. The summed E-state index contributed by atoms with van der Waals surface area (Å²) in [5, 5.41) is 9.89. The van der Waals surface area contributed by atoms with Crippen molar-refractivity contribution in [3.05, 3.63) is 76.7 Å². The summed E-state index contributed by atoms with van der Waals surface area (Å²) in [6.07, 6.45) is 6.47. The molecule has 1 atom stereocenters. The maximum Gasteiger partial charge on any atom is 0.213 e. The molecular formula is C32H40FN3O3. The van der Waals surface area contributed by atoms with Gasteiger partial charge >= 0.3 is 0 Å². The molecule has 5 rings (SSSR count). The highest BCUT2D eigenvalue weighted by atomic mass is 19.1. The molecule has 3 aromatic rings. The van der Waals surface area contributed by atoms with Crippen molar-refractivity contribution >= 4 is 5.69 Å². The van der Waals surface area contributed by atoms with Crippen LogP contribution in [0.25, 0.3) is 0 Å². The van der Waals surface area contributed by atoms with Gasteiger partial charge < -0.3 is 19.5 Å². The first kappa shape index (κ1) is 27.3. The lowest BCUT2D eigenvalue weighted by atomic mass is 9.81. The SMILES string of the molecule is CCN(Cc1ccc(OCCN2CCCCC2)c(F)c1)c1ccc(OC)nc1C1CCc2cc(O)ccc2C1. The van der Waals surface area contributed by atoms with Crippen LogP contribution < -0.4 is 14.4 Å². The Morgan fingerprint density at radius 3 is 2.67 bits per heavy atom. The number of hydrogen-bond acceptors (Lipinski definition) is 6. The summed E-state index contributed by atoms with van der Waals surface area (Å²) in [4.78, 5) is 9.55. The number of benzene rings is 2. The number of pyridine rings is 1. The molecule has 1 fully saturated rings. The molecule has 1 aliphatic carbocycles. The van der Waals surface area contributed by atoms with E-state index in [9.17, 15) is 5.11 Å². The van der Waals surface area contributed by atoms with Crippen molar-refractivity contribution < 1.29 is 19.0 Å². The van der Waals surface area contributed by atoms with Crippen molar-refractivity contribution in [1.82, 2.24) is 9.88 Å². The molecule has 39 heavy (non-hydrogen) atoms. The fourth-order valence-electron chi connectivity index (χ4n) is 5.92. The molecule has 0 saturated carbocycles. The van der Waals surface area contributed by atoms with Gasteiger partial charge in [-0.2, -0.15) is 0 Å². The van der Waals surface area contributed by atoms with Crippen LogP contribution in [0.4, 0.5) is 10.1 Å². The van der Waals surface area contributed by atoms with Crippen molar-refractivity contribution in [2.45, 2.75) is 57.9 Å². The minimum absolute atomic E-state index is 0.230. The molecule has 1 aromatic heterocycles. The Morgan fingerprint density at radius 2 is 1.90 bits per heavy atom. The second-order valence-electron chi connectivity index (χ2n) is 10.7. The van der Waals surface area contributed by atoms with Gasteiger partial charge in [0.1, 0.15) is 12.4 Å². The van der Waals surface area contributed by atoms with E-state index in [1.54, 1.807) is 25.3 Å². The number of aryl methyl sites for hydroxylation is 1. The fourth-order valence-corrected chi connectivity index (χ4v) is 5.92. The maximum absolute atomic E-state index is 15.0. The largest absolute Gasteiger partial charge is 0.508 e. The highest BCUT2D eigenvalue weighted by Gasteiger charge is 2.26. The molecular weight excluding hydrogens is 493 g/mol. The maximum atomic E-state index is 15.0. The number of aromatic nitrogens is 1. The number of rotatable bonds is 10. The van der Waals surface area contributed by atoms with Crippen LogP contribution in [0.5, 0.6) is 17.4 Å². The second kappa shape index (κ2) is 12.7. The summed E-state index contributed by atoms with van der Waals surface area (Å²) in [7, 11) is 1.64. The lowest BCUT2D eigenvalue weighted by Crippen LogP contribution is -2.33. The Morgan fingerprint density at radius 1 is 1.05 bits per heavy atom. The molecule has 0 amide bonds. The average molecular weight is 534 g/mol. The minimum atomic E-state index is -0.317. The number of ether oxygens (including phenoxy) is 2. The number of methoxy groups -OCH3 is 1. The van der Waals surface area contributed by atoms with Crippen LogP contribution in [0.3, 0.4) is 0 Å². The van der Waals surface area contributed by atoms with Gasteiger partial charge in [0.2, 0.25) is 5.88 Å². The van der Waals surface area contributed by atoms with Gasteiger partial charge in [0.05, 0.1) is 18.5 Å². The third-order valence-electron chi connectivity index (χ3n) is 8.10. The van der Waals surface area contributed by atoms with Crippen molar-refractivity contribution in [2.24, 2.45) is 0 Å². The first-order chi connectivity index (χ1) is 19.0. The van der Waals surface area contributed by atoms with E-state index in [1.165, 1.54) is 30.4 Å². The summed E-state index contributed by atoms with van der Waals surface area (Å²) in [5.41, 5.74) is 5.40. The zero-order valence-electron chi connectivity index (χ0n) is 23.2. The number of piperidine rings is 1. The number of likely N-dealkylation sites (tertiary alicyclic amines) is 1. The van der Waals surface area contributed by atoms with Gasteiger partial charge in [0.15, 0.2) is 11.6 Å². The molecule has 0 bridgehead atoms. The van der Waals surface area contributed by atoms with E-state index in [-0.39, 0.29) is 11.7 Å². The summed E-state index contributed by atoms with van der Waals surface area (Å²) >= 11 is 0. The van der Waals surface area contributed by atoms with Crippen molar-refractivity contribution in [2.75, 3.05) is 44.8 Å². The van der Waals surface area contributed by atoms with E-state index in [1.807, 2.05) is 24.3 Å². The number of phenols is 1. The average Bonchev–Trinajstić information content (AvgIpc) is 2.97. The Balaban J connectivity index is 1.30. The molecule has 2 aliphatic rings. The van der Waals surface area contributed by atoms with Crippen LogP contribution >= 0.6 is 0 Å². The Kier molecular flexibility index (Phi) is 8.87. The topological polar surface area (TPSA) is 58.1 Å². The highest BCUT2D eigenvalue weighted by molar-refractivity contribution is 5.55. The molecule has 2 aromatic carbocycles. The van der Waals surface area contributed by atoms with Crippen LogP contribution in [0.15, 0.2) is 48.5 Å². The lowest BCUT2D eigenvalue weighted by Gasteiger charge is -2.31. The van der Waals surface area contributed by atoms with E-state index in [2.05, 4.69) is 22.8 Å². The fraction of sp³-hybridized carbons (Fsp3) is 0.469. The second-order valence-corrected chi connectivity index (χ2v) is 10.7. The number of nitrogens with zero attached hydrogens (tertiary/aromatic N) is 3. The summed E-state index contributed by atoms with van der Waals surface area (Å²) in [6, 6.07) is 14.9. The van der Waals surface area contributed by atoms with Crippen LogP contribution in [-0.4, -0.2) is 54.9 Å². The Labute approximate surface area is 231 Å². The molecule has 1 saturated heterocycles. The third-order valence-corrected chi connectivity index (χ3v) is 8.10. The highest BCUT2D eigenvalue weighted by Crippen LogP contribution is 2.38. The molecule has 1 unspecified atom stereocenters. The predicted molar refractivity (Wildman–Crippen MR) is 153 cm³/mol. The van der Waals surface area contributed by atoms with Gasteiger partial charge in [-0.05, 0) is 99.1 Å². The number of aromatic hydroxyl groups is 1. The Bertz CT molecular complexity index is 1260. The Hall–Kier alpha value is -3.32. The number of anilines is 1. The molecule has 7 heteroatoms. The number of fused-ring (bicyclic) bond motifs is 1. The van der Waals surface area contributed by atoms with Gasteiger partial charge in [0.25, 0.3) is 0 Å². The van der Waals surface area contributed by atoms with Gasteiger partial charge in [-0.25, -0.2) is 9.37 Å². The van der Waals surface area contributed by atoms with Crippen molar-refractivity contribution in [3.8, 4) is 17.4 Å². The molecule has 1 N–H and O–H groups in total. The first-order valence-corrected chi connectivity index (χ1v) is 14.3. The minimum Gasteiger partial charge on any atom is -0.508 e. The van der Waals surface area contributed by atoms with Crippen molar-refractivity contribution in [1.29, 1.82) is 0 Å². The summed E-state index contributed by atoms with van der Waals surface area (Å²) < 4.78 is 26.3. The van der Waals surface area contributed by atoms with E-state index in [4.69, 9.17) is 14.5 Å².